The van der Waals surface area contributed by atoms with Crippen molar-refractivity contribution in [2.45, 2.75) is 32.7 Å². The van der Waals surface area contributed by atoms with Gasteiger partial charge in [-0.2, -0.15) is 0 Å². The second-order valence-corrected chi connectivity index (χ2v) is 5.38. The van der Waals surface area contributed by atoms with Gasteiger partial charge in [0.1, 0.15) is 11.6 Å². The Morgan fingerprint density at radius 3 is 3.05 bits per heavy atom. The van der Waals surface area contributed by atoms with Crippen molar-refractivity contribution < 1.29 is 9.90 Å². The van der Waals surface area contributed by atoms with E-state index in [0.717, 1.165) is 11.6 Å². The summed E-state index contributed by atoms with van der Waals surface area (Å²) < 4.78 is 1.98. The summed E-state index contributed by atoms with van der Waals surface area (Å²) in [7, 11) is 0. The smallest absolute Gasteiger partial charge is 0.308 e. The van der Waals surface area contributed by atoms with Crippen LogP contribution < -0.4 is 0 Å². The van der Waals surface area contributed by atoms with Crippen molar-refractivity contribution in [1.82, 2.24) is 14.8 Å². The molecule has 0 bridgehead atoms. The summed E-state index contributed by atoms with van der Waals surface area (Å²) >= 11 is 0. The first-order valence-corrected chi connectivity index (χ1v) is 6.83. The van der Waals surface area contributed by atoms with E-state index in [0.29, 0.717) is 25.8 Å². The summed E-state index contributed by atoms with van der Waals surface area (Å²) in [5, 5.41) is 17.6. The van der Waals surface area contributed by atoms with Crippen LogP contribution in [0.1, 0.15) is 29.2 Å². The quantitative estimate of drug-likeness (QED) is 0.924. The molecule has 5 nitrogen and oxygen atoms in total. The Morgan fingerprint density at radius 1 is 1.45 bits per heavy atom. The van der Waals surface area contributed by atoms with Crippen LogP contribution in [0, 0.1) is 12.8 Å². The minimum Gasteiger partial charge on any atom is -0.481 e. The number of carboxylic acids is 1. The van der Waals surface area contributed by atoms with Gasteiger partial charge in [0.2, 0.25) is 0 Å². The molecule has 1 atom stereocenters. The van der Waals surface area contributed by atoms with E-state index in [2.05, 4.69) is 35.3 Å². The molecule has 0 saturated heterocycles. The van der Waals surface area contributed by atoms with Gasteiger partial charge in [0.25, 0.3) is 0 Å². The topological polar surface area (TPSA) is 68.0 Å². The Balaban J connectivity index is 1.86. The van der Waals surface area contributed by atoms with Gasteiger partial charge in [-0.25, -0.2) is 0 Å². The maximum absolute atomic E-state index is 11.1. The van der Waals surface area contributed by atoms with Crippen LogP contribution in [0.2, 0.25) is 0 Å². The molecular weight excluding hydrogens is 254 g/mol. The lowest BCUT2D eigenvalue weighted by molar-refractivity contribution is -0.142. The summed E-state index contributed by atoms with van der Waals surface area (Å²) in [6, 6.07) is 8.27. The summed E-state index contributed by atoms with van der Waals surface area (Å²) in [5.41, 5.74) is 2.39. The van der Waals surface area contributed by atoms with Crippen molar-refractivity contribution in [2.24, 2.45) is 5.92 Å². The molecule has 1 aromatic heterocycles. The molecule has 2 aromatic rings. The molecule has 1 N–H and O–H groups in total. The zero-order chi connectivity index (χ0) is 14.1. The normalized spacial score (nSPS) is 17.8. The largest absolute Gasteiger partial charge is 0.481 e. The minimum absolute atomic E-state index is 0.324. The predicted molar refractivity (Wildman–Crippen MR) is 73.5 cm³/mol. The highest BCUT2D eigenvalue weighted by Gasteiger charge is 2.27. The molecule has 2 heterocycles. The van der Waals surface area contributed by atoms with Crippen molar-refractivity contribution in [3.05, 3.63) is 47.0 Å². The minimum atomic E-state index is -0.731. The van der Waals surface area contributed by atoms with Crippen molar-refractivity contribution in [3.63, 3.8) is 0 Å². The van der Waals surface area contributed by atoms with Gasteiger partial charge < -0.3 is 9.67 Å². The number of nitrogens with zero attached hydrogens (tertiary/aromatic N) is 3. The average Bonchev–Trinajstić information content (AvgIpc) is 2.81. The number of fused-ring (bicyclic) bond motifs is 1. The number of hydrogen-bond acceptors (Lipinski definition) is 3. The molecule has 1 aliphatic rings. The Morgan fingerprint density at radius 2 is 2.30 bits per heavy atom. The van der Waals surface area contributed by atoms with E-state index in [-0.39, 0.29) is 5.92 Å². The Hall–Kier alpha value is -2.17. The molecule has 3 rings (SSSR count). The lowest BCUT2D eigenvalue weighted by atomic mass is 9.99. The Labute approximate surface area is 117 Å². The summed E-state index contributed by atoms with van der Waals surface area (Å²) in [6.07, 6.45) is 2.04. The van der Waals surface area contributed by atoms with Crippen molar-refractivity contribution in [3.8, 4) is 0 Å². The van der Waals surface area contributed by atoms with Crippen LogP contribution in [0.3, 0.4) is 0 Å². The number of carboxylic acid groups (broad SMARTS) is 1. The van der Waals surface area contributed by atoms with E-state index < -0.39 is 5.97 Å². The van der Waals surface area contributed by atoms with Crippen LogP contribution in [0.25, 0.3) is 0 Å². The van der Waals surface area contributed by atoms with Crippen molar-refractivity contribution in [1.29, 1.82) is 0 Å². The van der Waals surface area contributed by atoms with Gasteiger partial charge in [-0.05, 0) is 18.9 Å². The van der Waals surface area contributed by atoms with Crippen LogP contribution in [0.4, 0.5) is 0 Å². The zero-order valence-electron chi connectivity index (χ0n) is 11.4. The third-order valence-corrected chi connectivity index (χ3v) is 3.82. The van der Waals surface area contributed by atoms with Crippen LogP contribution in [-0.2, 0) is 24.2 Å². The highest BCUT2D eigenvalue weighted by atomic mass is 16.4. The number of carbonyl (C=O) groups is 1. The first-order chi connectivity index (χ1) is 9.63. The van der Waals surface area contributed by atoms with E-state index in [1.807, 2.05) is 10.6 Å². The number of aryl methyl sites for hydroxylation is 2. The van der Waals surface area contributed by atoms with Crippen LogP contribution >= 0.6 is 0 Å². The fourth-order valence-corrected chi connectivity index (χ4v) is 2.72. The second-order valence-electron chi connectivity index (χ2n) is 5.38. The highest BCUT2D eigenvalue weighted by Crippen LogP contribution is 2.21. The molecule has 0 spiro atoms. The van der Waals surface area contributed by atoms with Gasteiger partial charge in [-0.15, -0.1) is 10.2 Å². The van der Waals surface area contributed by atoms with Gasteiger partial charge in [0.05, 0.1) is 5.92 Å². The molecular formula is C15H17N3O2. The van der Waals surface area contributed by atoms with Gasteiger partial charge in [0, 0.05) is 19.4 Å². The predicted octanol–water partition coefficient (Wildman–Crippen LogP) is 1.82. The monoisotopic (exact) mass is 271 g/mol. The van der Waals surface area contributed by atoms with Crippen LogP contribution in [0.5, 0.6) is 0 Å². The molecule has 0 radical (unpaired) electrons. The summed E-state index contributed by atoms with van der Waals surface area (Å²) in [5.74, 6) is 0.710. The zero-order valence-corrected chi connectivity index (χ0v) is 11.4. The van der Waals surface area contributed by atoms with Gasteiger partial charge in [0.15, 0.2) is 0 Å². The highest BCUT2D eigenvalue weighted by molar-refractivity contribution is 5.70. The average molecular weight is 271 g/mol. The van der Waals surface area contributed by atoms with E-state index >= 15 is 0 Å². The second kappa shape index (κ2) is 5.07. The van der Waals surface area contributed by atoms with E-state index in [4.69, 9.17) is 5.11 Å². The van der Waals surface area contributed by atoms with Crippen LogP contribution in [0.15, 0.2) is 24.3 Å². The number of aromatic nitrogens is 3. The van der Waals surface area contributed by atoms with E-state index in [1.165, 1.54) is 11.1 Å². The number of benzene rings is 1. The maximum atomic E-state index is 11.1. The fraction of sp³-hybridized carbons (Fsp3) is 0.400. The fourth-order valence-electron chi connectivity index (χ4n) is 2.72. The lowest BCUT2D eigenvalue weighted by Gasteiger charge is -2.21. The molecule has 104 valence electrons. The van der Waals surface area contributed by atoms with Crippen LogP contribution in [-0.4, -0.2) is 25.8 Å². The molecule has 5 heteroatoms. The number of rotatable bonds is 3. The first-order valence-electron chi connectivity index (χ1n) is 6.83. The lowest BCUT2D eigenvalue weighted by Crippen LogP contribution is -2.27. The Kier molecular flexibility index (Phi) is 3.26. The van der Waals surface area contributed by atoms with Crippen molar-refractivity contribution in [2.75, 3.05) is 0 Å². The standard InChI is InChI=1S/C15H17N3O2/c1-10-3-2-4-11(7-10)8-14-17-16-13-6-5-12(15(19)20)9-18(13)14/h2-4,7,12H,5-6,8-9H2,1H3,(H,19,20). The number of aliphatic carboxylic acids is 1. The van der Waals surface area contributed by atoms with Crippen molar-refractivity contribution >= 4 is 5.97 Å². The maximum Gasteiger partial charge on any atom is 0.308 e. The van der Waals surface area contributed by atoms with Gasteiger partial charge in [-0.1, -0.05) is 29.8 Å². The molecule has 1 unspecified atom stereocenters. The first kappa shape index (κ1) is 12.8. The SMILES string of the molecule is Cc1cccc(Cc2nnc3n2CC(C(=O)O)CC3)c1. The summed E-state index contributed by atoms with van der Waals surface area (Å²) in [4.78, 5) is 11.1. The molecule has 1 aromatic carbocycles. The van der Waals surface area contributed by atoms with E-state index in [9.17, 15) is 4.79 Å². The Bertz CT molecular complexity index is 648. The third-order valence-electron chi connectivity index (χ3n) is 3.82. The molecule has 20 heavy (non-hydrogen) atoms. The summed E-state index contributed by atoms with van der Waals surface area (Å²) in [6.45, 7) is 2.54. The van der Waals surface area contributed by atoms with Gasteiger partial charge >= 0.3 is 5.97 Å². The number of hydrogen-bond donors (Lipinski definition) is 1. The molecule has 0 amide bonds. The van der Waals surface area contributed by atoms with Gasteiger partial charge in [-0.3, -0.25) is 4.79 Å². The third kappa shape index (κ3) is 2.43. The van der Waals surface area contributed by atoms with E-state index in [1.54, 1.807) is 0 Å². The molecule has 0 saturated carbocycles. The molecule has 1 aliphatic heterocycles. The molecule has 0 aliphatic carbocycles. The molecule has 0 fully saturated rings.